The van der Waals surface area contributed by atoms with Crippen LogP contribution in [0.3, 0.4) is 0 Å². The number of nitrogens with zero attached hydrogens (tertiary/aromatic N) is 2. The molecule has 0 N–H and O–H groups in total. The molecule has 0 radical (unpaired) electrons. The van der Waals surface area contributed by atoms with E-state index in [2.05, 4.69) is 24.9 Å². The molecule has 5 heteroatoms. The Kier molecular flexibility index (Phi) is 5.94. The van der Waals surface area contributed by atoms with Gasteiger partial charge in [-0.1, -0.05) is 31.5 Å². The quantitative estimate of drug-likeness (QED) is 0.628. The molecule has 1 aliphatic rings. The average Bonchev–Trinajstić information content (AvgIpc) is 2.92. The van der Waals surface area contributed by atoms with E-state index >= 15 is 0 Å². The number of aryl methyl sites for hydroxylation is 2. The first-order chi connectivity index (χ1) is 13.3. The maximum Gasteiger partial charge on any atom is 0.266 e. The van der Waals surface area contributed by atoms with Crippen LogP contribution < -0.4 is 4.74 Å². The van der Waals surface area contributed by atoms with Gasteiger partial charge in [0.1, 0.15) is 5.75 Å². The third-order valence-corrected chi connectivity index (χ3v) is 5.85. The Labute approximate surface area is 171 Å². The number of hydrogen-bond donors (Lipinski definition) is 0. The van der Waals surface area contributed by atoms with E-state index in [1.54, 1.807) is 19.1 Å². The number of ether oxygens (including phenoxy) is 1. The maximum absolute atomic E-state index is 12.7. The molecular weight excluding hydrogens is 368 g/mol. The van der Waals surface area contributed by atoms with Gasteiger partial charge in [0.15, 0.2) is 5.17 Å². The van der Waals surface area contributed by atoms with Gasteiger partial charge < -0.3 is 4.74 Å². The number of rotatable bonds is 4. The Morgan fingerprint density at radius 2 is 1.82 bits per heavy atom. The Balaban J connectivity index is 1.96. The van der Waals surface area contributed by atoms with Crippen molar-refractivity contribution in [2.75, 3.05) is 14.2 Å². The van der Waals surface area contributed by atoms with Gasteiger partial charge in [0.2, 0.25) is 0 Å². The molecule has 1 aliphatic heterocycles. The van der Waals surface area contributed by atoms with Gasteiger partial charge in [0.05, 0.1) is 17.7 Å². The van der Waals surface area contributed by atoms with E-state index in [1.807, 2.05) is 50.3 Å². The summed E-state index contributed by atoms with van der Waals surface area (Å²) in [6, 6.07) is 12.1. The Bertz CT molecular complexity index is 959. The van der Waals surface area contributed by atoms with E-state index in [0.717, 1.165) is 28.1 Å². The molecule has 0 atom stereocenters. The minimum atomic E-state index is -0.0304. The zero-order valence-electron chi connectivity index (χ0n) is 17.2. The summed E-state index contributed by atoms with van der Waals surface area (Å²) in [5.41, 5.74) is 5.28. The minimum Gasteiger partial charge on any atom is -0.496 e. The smallest absolute Gasteiger partial charge is 0.266 e. The van der Waals surface area contributed by atoms with Crippen LogP contribution >= 0.6 is 11.8 Å². The van der Waals surface area contributed by atoms with Gasteiger partial charge in [-0.2, -0.15) is 0 Å². The molecule has 1 heterocycles. The van der Waals surface area contributed by atoms with Crippen LogP contribution in [-0.2, 0) is 4.79 Å². The molecule has 0 bridgehead atoms. The summed E-state index contributed by atoms with van der Waals surface area (Å²) in [7, 11) is 3.46. The normalized spacial score (nSPS) is 17.2. The molecule has 1 fully saturated rings. The largest absolute Gasteiger partial charge is 0.496 e. The number of carbonyl (C=O) groups excluding carboxylic acids is 1. The van der Waals surface area contributed by atoms with Crippen LogP contribution in [0.5, 0.6) is 5.75 Å². The fourth-order valence-electron chi connectivity index (χ4n) is 3.02. The first-order valence-corrected chi connectivity index (χ1v) is 10.1. The minimum absolute atomic E-state index is 0.0304. The number of amides is 1. The zero-order valence-corrected chi connectivity index (χ0v) is 18.1. The number of likely N-dealkylation sites (N-methyl/N-ethyl adjacent to an activating group) is 1. The van der Waals surface area contributed by atoms with E-state index in [4.69, 9.17) is 4.74 Å². The number of thioether (sulfide) groups is 1. The number of amidine groups is 1. The first-order valence-electron chi connectivity index (χ1n) is 9.31. The number of hydrogen-bond acceptors (Lipinski definition) is 4. The van der Waals surface area contributed by atoms with Crippen molar-refractivity contribution in [1.29, 1.82) is 0 Å². The molecule has 0 unspecified atom stereocenters. The van der Waals surface area contributed by atoms with Crippen molar-refractivity contribution in [3.05, 3.63) is 63.6 Å². The van der Waals surface area contributed by atoms with E-state index < -0.39 is 0 Å². The summed E-state index contributed by atoms with van der Waals surface area (Å²) in [6.07, 6.45) is 1.96. The molecule has 1 saturated heterocycles. The highest BCUT2D eigenvalue weighted by molar-refractivity contribution is 8.18. The third kappa shape index (κ3) is 4.14. The Hall–Kier alpha value is -2.53. The van der Waals surface area contributed by atoms with Crippen LogP contribution in [0.25, 0.3) is 6.08 Å². The lowest BCUT2D eigenvalue weighted by atomic mass is 9.96. The van der Waals surface area contributed by atoms with Gasteiger partial charge >= 0.3 is 0 Å². The second kappa shape index (κ2) is 8.23. The average molecular weight is 395 g/mol. The topological polar surface area (TPSA) is 41.9 Å². The highest BCUT2D eigenvalue weighted by Crippen LogP contribution is 2.36. The van der Waals surface area contributed by atoms with Gasteiger partial charge in [-0.25, -0.2) is 4.99 Å². The van der Waals surface area contributed by atoms with E-state index in [1.165, 1.54) is 17.3 Å². The van der Waals surface area contributed by atoms with Crippen LogP contribution in [0.2, 0.25) is 0 Å². The van der Waals surface area contributed by atoms with Gasteiger partial charge in [-0.3, -0.25) is 9.69 Å². The molecule has 28 heavy (non-hydrogen) atoms. The monoisotopic (exact) mass is 394 g/mol. The summed E-state index contributed by atoms with van der Waals surface area (Å²) in [5, 5.41) is 0.690. The molecule has 2 aromatic rings. The molecule has 1 amide bonds. The number of benzene rings is 2. The number of methoxy groups -OCH3 is 1. The van der Waals surface area contributed by atoms with Gasteiger partial charge in [-0.05, 0) is 78.6 Å². The van der Waals surface area contributed by atoms with Crippen molar-refractivity contribution in [3.8, 4) is 5.75 Å². The van der Waals surface area contributed by atoms with E-state index in [-0.39, 0.29) is 5.91 Å². The van der Waals surface area contributed by atoms with Gasteiger partial charge in [0.25, 0.3) is 5.91 Å². The fraction of sp³-hybridized carbons (Fsp3) is 0.304. The van der Waals surface area contributed by atoms with Gasteiger partial charge in [0, 0.05) is 7.05 Å². The zero-order chi connectivity index (χ0) is 20.4. The molecule has 4 nitrogen and oxygen atoms in total. The standard InChI is InChI=1S/C23H26N2O2S/c1-14(2)19-12-17(16(4)11-20(19)27-6)13-21-22(26)25(5)23(28-21)24-18-9-7-15(3)8-10-18/h7-14H,1-6H3/b21-13+,24-23?. The van der Waals surface area contributed by atoms with Crippen LogP contribution in [0.4, 0.5) is 5.69 Å². The van der Waals surface area contributed by atoms with Crippen molar-refractivity contribution < 1.29 is 9.53 Å². The predicted octanol–water partition coefficient (Wildman–Crippen LogP) is 5.67. The second-order valence-electron chi connectivity index (χ2n) is 7.31. The number of aliphatic imine (C=N–C) groups is 1. The van der Waals surface area contributed by atoms with Gasteiger partial charge in [-0.15, -0.1) is 0 Å². The maximum atomic E-state index is 12.7. The predicted molar refractivity (Wildman–Crippen MR) is 118 cm³/mol. The first kappa shape index (κ1) is 20.2. The van der Waals surface area contributed by atoms with Crippen molar-refractivity contribution in [2.45, 2.75) is 33.6 Å². The van der Waals surface area contributed by atoms with Crippen LogP contribution in [-0.4, -0.2) is 30.1 Å². The molecular formula is C23H26N2O2S. The van der Waals surface area contributed by atoms with Crippen LogP contribution in [0.1, 0.15) is 42.0 Å². The Morgan fingerprint density at radius 3 is 2.43 bits per heavy atom. The highest BCUT2D eigenvalue weighted by atomic mass is 32.2. The molecule has 0 aliphatic carbocycles. The molecule has 0 aromatic heterocycles. The van der Waals surface area contributed by atoms with Crippen molar-refractivity contribution in [1.82, 2.24) is 4.90 Å². The van der Waals surface area contributed by atoms with E-state index in [0.29, 0.717) is 16.0 Å². The summed E-state index contributed by atoms with van der Waals surface area (Å²) in [5.74, 6) is 1.19. The van der Waals surface area contributed by atoms with Crippen molar-refractivity contribution in [2.24, 2.45) is 4.99 Å². The molecule has 0 saturated carbocycles. The summed E-state index contributed by atoms with van der Waals surface area (Å²) in [6.45, 7) is 8.36. The lowest BCUT2D eigenvalue weighted by molar-refractivity contribution is -0.121. The molecule has 0 spiro atoms. The molecule has 146 valence electrons. The van der Waals surface area contributed by atoms with Crippen molar-refractivity contribution >= 4 is 34.6 Å². The van der Waals surface area contributed by atoms with Crippen molar-refractivity contribution in [3.63, 3.8) is 0 Å². The Morgan fingerprint density at radius 1 is 1.14 bits per heavy atom. The highest BCUT2D eigenvalue weighted by Gasteiger charge is 2.30. The summed E-state index contributed by atoms with van der Waals surface area (Å²) in [4.78, 5) is 19.7. The van der Waals surface area contributed by atoms with E-state index in [9.17, 15) is 4.79 Å². The number of carbonyl (C=O) groups is 1. The SMILES string of the molecule is COc1cc(C)c(/C=C2/SC(=Nc3ccc(C)cc3)N(C)C2=O)cc1C(C)C. The third-order valence-electron chi connectivity index (χ3n) is 4.79. The molecule has 2 aromatic carbocycles. The van der Waals surface area contributed by atoms with Crippen LogP contribution in [0, 0.1) is 13.8 Å². The molecule has 3 rings (SSSR count). The fourth-order valence-corrected chi connectivity index (χ4v) is 4.00. The second-order valence-corrected chi connectivity index (χ2v) is 8.32. The van der Waals surface area contributed by atoms with Crippen LogP contribution in [0.15, 0.2) is 46.3 Å². The lowest BCUT2D eigenvalue weighted by Crippen LogP contribution is -2.23. The lowest BCUT2D eigenvalue weighted by Gasteiger charge is -2.14. The summed E-state index contributed by atoms with van der Waals surface area (Å²) < 4.78 is 5.52. The summed E-state index contributed by atoms with van der Waals surface area (Å²) >= 11 is 1.41.